The van der Waals surface area contributed by atoms with Crippen molar-refractivity contribution in [2.75, 3.05) is 11.4 Å². The maximum Gasteiger partial charge on any atom is 0.227 e. The molecule has 1 fully saturated rings. The van der Waals surface area contributed by atoms with Crippen LogP contribution in [0.15, 0.2) is 30.5 Å². The molecule has 2 amide bonds. The van der Waals surface area contributed by atoms with Gasteiger partial charge < -0.3 is 10.2 Å². The van der Waals surface area contributed by atoms with Crippen molar-refractivity contribution in [2.45, 2.75) is 19.9 Å². The molecule has 7 nitrogen and oxygen atoms in total. The van der Waals surface area contributed by atoms with E-state index in [2.05, 4.69) is 20.7 Å². The van der Waals surface area contributed by atoms with Crippen molar-refractivity contribution in [1.29, 1.82) is 0 Å². The summed E-state index contributed by atoms with van der Waals surface area (Å²) in [6, 6.07) is 7.73. The number of rotatable bonds is 4. The number of anilines is 1. The monoisotopic (exact) mass is 299 g/mol. The van der Waals surface area contributed by atoms with Crippen molar-refractivity contribution in [2.24, 2.45) is 5.92 Å². The van der Waals surface area contributed by atoms with Crippen LogP contribution in [0.25, 0.3) is 0 Å². The quantitative estimate of drug-likeness (QED) is 0.873. The molecule has 7 heteroatoms. The molecule has 114 valence electrons. The van der Waals surface area contributed by atoms with Gasteiger partial charge in [-0.1, -0.05) is 17.7 Å². The van der Waals surface area contributed by atoms with Gasteiger partial charge in [-0.25, -0.2) is 0 Å². The molecule has 2 N–H and O–H groups in total. The van der Waals surface area contributed by atoms with E-state index >= 15 is 0 Å². The zero-order valence-corrected chi connectivity index (χ0v) is 12.2. The molecule has 2 heterocycles. The predicted molar refractivity (Wildman–Crippen MR) is 79.9 cm³/mol. The largest absolute Gasteiger partial charge is 0.350 e. The molecule has 22 heavy (non-hydrogen) atoms. The van der Waals surface area contributed by atoms with Gasteiger partial charge in [-0.3, -0.25) is 9.59 Å². The van der Waals surface area contributed by atoms with Crippen LogP contribution in [0.4, 0.5) is 5.69 Å². The number of nitrogens with one attached hydrogen (secondary N) is 2. The molecular formula is C15H17N5O2. The summed E-state index contributed by atoms with van der Waals surface area (Å²) in [6.45, 7) is 2.72. The fourth-order valence-corrected chi connectivity index (χ4v) is 2.49. The highest BCUT2D eigenvalue weighted by molar-refractivity contribution is 6.00. The van der Waals surface area contributed by atoms with Crippen LogP contribution < -0.4 is 10.2 Å². The van der Waals surface area contributed by atoms with Gasteiger partial charge in [0.1, 0.15) is 5.69 Å². The molecule has 2 aromatic rings. The van der Waals surface area contributed by atoms with E-state index in [1.165, 1.54) is 0 Å². The molecule has 3 rings (SSSR count). The zero-order chi connectivity index (χ0) is 15.5. The molecule has 0 radical (unpaired) electrons. The van der Waals surface area contributed by atoms with Gasteiger partial charge in [0.05, 0.1) is 18.7 Å². The Hall–Kier alpha value is -2.70. The molecule has 1 aliphatic heterocycles. The molecule has 1 aromatic carbocycles. The number of hydrogen-bond donors (Lipinski definition) is 2. The summed E-state index contributed by atoms with van der Waals surface area (Å²) >= 11 is 0. The van der Waals surface area contributed by atoms with E-state index in [-0.39, 0.29) is 24.2 Å². The second-order valence-corrected chi connectivity index (χ2v) is 5.42. The summed E-state index contributed by atoms with van der Waals surface area (Å²) in [5, 5.41) is 12.8. The van der Waals surface area contributed by atoms with Crippen LogP contribution in [0.3, 0.4) is 0 Å². The Balaban J connectivity index is 1.61. The van der Waals surface area contributed by atoms with Gasteiger partial charge in [0.2, 0.25) is 11.8 Å². The van der Waals surface area contributed by atoms with Crippen molar-refractivity contribution in [3.8, 4) is 0 Å². The lowest BCUT2D eigenvalue weighted by molar-refractivity contribution is -0.126. The van der Waals surface area contributed by atoms with E-state index in [9.17, 15) is 9.59 Å². The molecule has 0 saturated carbocycles. The molecule has 0 spiro atoms. The third-order valence-corrected chi connectivity index (χ3v) is 3.75. The second kappa shape index (κ2) is 5.97. The molecular weight excluding hydrogens is 282 g/mol. The molecule has 1 saturated heterocycles. The highest BCUT2D eigenvalue weighted by Crippen LogP contribution is 2.25. The number of H-pyrrole nitrogens is 1. The van der Waals surface area contributed by atoms with E-state index in [0.717, 1.165) is 11.3 Å². The number of nitrogens with zero attached hydrogens (tertiary/aromatic N) is 3. The Kier molecular flexibility index (Phi) is 3.86. The maximum atomic E-state index is 12.2. The topological polar surface area (TPSA) is 91.0 Å². The van der Waals surface area contributed by atoms with Crippen molar-refractivity contribution >= 4 is 17.5 Å². The molecule has 1 aliphatic rings. The van der Waals surface area contributed by atoms with E-state index in [1.54, 1.807) is 11.1 Å². The lowest BCUT2D eigenvalue weighted by Gasteiger charge is -2.16. The highest BCUT2D eigenvalue weighted by atomic mass is 16.2. The first-order valence-corrected chi connectivity index (χ1v) is 7.13. The normalized spacial score (nSPS) is 17.8. The standard InChI is InChI=1S/C15H17N5O2/c1-10-2-4-13(5-3-10)20-9-11(6-14(20)21)15(22)16-7-12-8-17-19-18-12/h2-5,8,11H,6-7,9H2,1H3,(H,16,22)(H,17,18,19). The lowest BCUT2D eigenvalue weighted by atomic mass is 10.1. The Morgan fingerprint density at radius 2 is 2.18 bits per heavy atom. The Labute approximate surface area is 127 Å². The third-order valence-electron chi connectivity index (χ3n) is 3.75. The number of carbonyl (C=O) groups excluding carboxylic acids is 2. The van der Waals surface area contributed by atoms with Gasteiger partial charge in [0.15, 0.2) is 0 Å². The van der Waals surface area contributed by atoms with Crippen LogP contribution in [-0.2, 0) is 16.1 Å². The summed E-state index contributed by atoms with van der Waals surface area (Å²) in [7, 11) is 0. The maximum absolute atomic E-state index is 12.2. The molecule has 1 unspecified atom stereocenters. The SMILES string of the molecule is Cc1ccc(N2CC(C(=O)NCc3cn[nH]n3)CC2=O)cc1. The Morgan fingerprint density at radius 1 is 1.41 bits per heavy atom. The van der Waals surface area contributed by atoms with E-state index in [1.807, 2.05) is 31.2 Å². The first-order valence-electron chi connectivity index (χ1n) is 7.13. The number of carbonyl (C=O) groups is 2. The van der Waals surface area contributed by atoms with E-state index in [0.29, 0.717) is 18.8 Å². The van der Waals surface area contributed by atoms with Crippen molar-refractivity contribution < 1.29 is 9.59 Å². The molecule has 1 atom stereocenters. The lowest BCUT2D eigenvalue weighted by Crippen LogP contribution is -2.32. The minimum atomic E-state index is -0.333. The highest BCUT2D eigenvalue weighted by Gasteiger charge is 2.34. The summed E-state index contributed by atoms with van der Waals surface area (Å²) in [6.07, 6.45) is 1.79. The zero-order valence-electron chi connectivity index (χ0n) is 12.2. The van der Waals surface area contributed by atoms with Gasteiger partial charge in [0.25, 0.3) is 0 Å². The minimum Gasteiger partial charge on any atom is -0.350 e. The van der Waals surface area contributed by atoms with Crippen molar-refractivity contribution in [1.82, 2.24) is 20.7 Å². The fourth-order valence-electron chi connectivity index (χ4n) is 2.49. The van der Waals surface area contributed by atoms with Crippen LogP contribution in [0.2, 0.25) is 0 Å². The third kappa shape index (κ3) is 2.98. The molecule has 1 aromatic heterocycles. The van der Waals surface area contributed by atoms with Gasteiger partial charge in [0, 0.05) is 18.7 Å². The Morgan fingerprint density at radius 3 is 2.86 bits per heavy atom. The number of benzene rings is 1. The van der Waals surface area contributed by atoms with Gasteiger partial charge in [-0.2, -0.15) is 15.4 Å². The number of aromatic nitrogens is 3. The Bertz CT molecular complexity index is 666. The van der Waals surface area contributed by atoms with E-state index in [4.69, 9.17) is 0 Å². The summed E-state index contributed by atoms with van der Waals surface area (Å²) in [5.74, 6) is -0.489. The first-order chi connectivity index (χ1) is 10.6. The summed E-state index contributed by atoms with van der Waals surface area (Å²) in [5.41, 5.74) is 2.63. The van der Waals surface area contributed by atoms with Gasteiger partial charge in [-0.05, 0) is 19.1 Å². The van der Waals surface area contributed by atoms with Crippen molar-refractivity contribution in [3.63, 3.8) is 0 Å². The average molecular weight is 299 g/mol. The summed E-state index contributed by atoms with van der Waals surface area (Å²) < 4.78 is 0. The van der Waals surface area contributed by atoms with Crippen LogP contribution in [0.5, 0.6) is 0 Å². The van der Waals surface area contributed by atoms with Gasteiger partial charge in [-0.15, -0.1) is 0 Å². The van der Waals surface area contributed by atoms with Crippen LogP contribution in [0, 0.1) is 12.8 Å². The fraction of sp³-hybridized carbons (Fsp3) is 0.333. The average Bonchev–Trinajstić information content (AvgIpc) is 3.15. The smallest absolute Gasteiger partial charge is 0.227 e. The minimum absolute atomic E-state index is 0.0227. The number of aryl methyl sites for hydroxylation is 1. The second-order valence-electron chi connectivity index (χ2n) is 5.42. The van der Waals surface area contributed by atoms with Crippen LogP contribution in [-0.4, -0.2) is 33.8 Å². The van der Waals surface area contributed by atoms with Crippen molar-refractivity contribution in [3.05, 3.63) is 41.7 Å². The van der Waals surface area contributed by atoms with E-state index < -0.39 is 0 Å². The molecule has 0 bridgehead atoms. The van der Waals surface area contributed by atoms with Crippen LogP contribution in [0.1, 0.15) is 17.7 Å². The number of amides is 2. The number of aromatic amines is 1. The van der Waals surface area contributed by atoms with Gasteiger partial charge >= 0.3 is 0 Å². The van der Waals surface area contributed by atoms with Crippen LogP contribution >= 0.6 is 0 Å². The molecule has 0 aliphatic carbocycles. The number of hydrogen-bond acceptors (Lipinski definition) is 4. The first kappa shape index (κ1) is 14.2. The summed E-state index contributed by atoms with van der Waals surface area (Å²) in [4.78, 5) is 26.0. The predicted octanol–water partition coefficient (Wildman–Crippen LogP) is 0.782.